The van der Waals surface area contributed by atoms with Crippen LogP contribution in [0.3, 0.4) is 0 Å². The van der Waals surface area contributed by atoms with Crippen molar-refractivity contribution < 1.29 is 18.0 Å². The van der Waals surface area contributed by atoms with E-state index >= 15 is 0 Å². The zero-order valence-corrected chi connectivity index (χ0v) is 18.5. The summed E-state index contributed by atoms with van der Waals surface area (Å²) < 4.78 is 37.7. The van der Waals surface area contributed by atoms with Crippen LogP contribution in [-0.2, 0) is 17.4 Å². The molecule has 0 saturated heterocycles. The Balaban J connectivity index is 0.00000450. The molecule has 0 unspecified atom stereocenters. The second-order valence-corrected chi connectivity index (χ2v) is 6.07. The summed E-state index contributed by atoms with van der Waals surface area (Å²) in [5.41, 5.74) is 1.34. The van der Waals surface area contributed by atoms with Gasteiger partial charge in [-0.2, -0.15) is 13.2 Å². The fourth-order valence-corrected chi connectivity index (χ4v) is 2.46. The van der Waals surface area contributed by atoms with Crippen molar-refractivity contribution in [3.63, 3.8) is 0 Å². The number of alkyl halides is 3. The van der Waals surface area contributed by atoms with Crippen LogP contribution < -0.4 is 16.0 Å². The highest BCUT2D eigenvalue weighted by Gasteiger charge is 2.29. The lowest BCUT2D eigenvalue weighted by atomic mass is 10.1. The Labute approximate surface area is 190 Å². The molecule has 0 spiro atoms. The van der Waals surface area contributed by atoms with Crippen LogP contribution in [0.15, 0.2) is 53.5 Å². The summed E-state index contributed by atoms with van der Waals surface area (Å²) in [4.78, 5) is 16.1. The van der Waals surface area contributed by atoms with E-state index in [0.29, 0.717) is 30.2 Å². The van der Waals surface area contributed by atoms with Crippen LogP contribution >= 0.6 is 24.0 Å². The Hall–Kier alpha value is -2.74. The standard InChI is InChI=1S/C21H21F3N4O.HI/c1-3-15-5-4-6-18(13-15)28-19(29)14-27-20(25-2)26-12-11-16-7-9-17(10-8-16)21(22,23)24;/h1,4-10,13H,11-12,14H2,2H3,(H,28,29)(H2,25,26,27);1H. The van der Waals surface area contributed by atoms with Crippen molar-refractivity contribution in [2.24, 2.45) is 4.99 Å². The van der Waals surface area contributed by atoms with E-state index < -0.39 is 11.7 Å². The average Bonchev–Trinajstić information content (AvgIpc) is 2.70. The molecule has 0 saturated carbocycles. The van der Waals surface area contributed by atoms with Gasteiger partial charge in [0.15, 0.2) is 5.96 Å². The minimum Gasteiger partial charge on any atom is -0.356 e. The molecule has 0 aliphatic rings. The maximum absolute atomic E-state index is 12.6. The molecule has 2 rings (SSSR count). The lowest BCUT2D eigenvalue weighted by molar-refractivity contribution is -0.137. The molecule has 1 amide bonds. The summed E-state index contributed by atoms with van der Waals surface area (Å²) in [5.74, 6) is 2.63. The van der Waals surface area contributed by atoms with E-state index in [2.05, 4.69) is 26.9 Å². The normalized spacial score (nSPS) is 11.1. The van der Waals surface area contributed by atoms with Gasteiger partial charge in [-0.05, 0) is 42.3 Å². The van der Waals surface area contributed by atoms with Gasteiger partial charge in [0.1, 0.15) is 0 Å². The number of nitrogens with zero attached hydrogens (tertiary/aromatic N) is 1. The molecular formula is C21H22F3IN4O. The predicted molar refractivity (Wildman–Crippen MR) is 123 cm³/mol. The monoisotopic (exact) mass is 530 g/mol. The minimum absolute atomic E-state index is 0. The molecule has 2 aromatic rings. The van der Waals surface area contributed by atoms with Gasteiger partial charge in [0.2, 0.25) is 5.91 Å². The molecule has 30 heavy (non-hydrogen) atoms. The topological polar surface area (TPSA) is 65.5 Å². The molecule has 2 aromatic carbocycles. The van der Waals surface area contributed by atoms with Gasteiger partial charge in [0.25, 0.3) is 0 Å². The molecule has 0 atom stereocenters. The third kappa shape index (κ3) is 8.32. The highest BCUT2D eigenvalue weighted by Crippen LogP contribution is 2.29. The van der Waals surface area contributed by atoms with E-state index in [0.717, 1.165) is 17.7 Å². The molecule has 0 fully saturated rings. The lowest BCUT2D eigenvalue weighted by Gasteiger charge is -2.12. The van der Waals surface area contributed by atoms with E-state index in [4.69, 9.17) is 6.42 Å². The van der Waals surface area contributed by atoms with Crippen LogP contribution in [0.4, 0.5) is 18.9 Å². The van der Waals surface area contributed by atoms with Crippen LogP contribution in [0.5, 0.6) is 0 Å². The van der Waals surface area contributed by atoms with E-state index in [1.165, 1.54) is 12.1 Å². The number of benzene rings is 2. The number of anilines is 1. The van der Waals surface area contributed by atoms with E-state index in [-0.39, 0.29) is 36.4 Å². The van der Waals surface area contributed by atoms with Gasteiger partial charge in [-0.25, -0.2) is 0 Å². The number of rotatable bonds is 6. The van der Waals surface area contributed by atoms with Gasteiger partial charge < -0.3 is 16.0 Å². The molecule has 3 N–H and O–H groups in total. The number of guanidine groups is 1. The number of amides is 1. The maximum Gasteiger partial charge on any atom is 0.416 e. The molecule has 5 nitrogen and oxygen atoms in total. The zero-order valence-electron chi connectivity index (χ0n) is 16.2. The first-order chi connectivity index (χ1) is 13.8. The third-order valence-corrected chi connectivity index (χ3v) is 3.94. The summed E-state index contributed by atoms with van der Waals surface area (Å²) in [5, 5.41) is 8.61. The number of carbonyl (C=O) groups excluding carboxylic acids is 1. The Morgan fingerprint density at radius 3 is 2.43 bits per heavy atom. The van der Waals surface area contributed by atoms with E-state index in [1.807, 2.05) is 0 Å². The van der Waals surface area contributed by atoms with Crippen LogP contribution in [0, 0.1) is 12.3 Å². The number of hydrogen-bond acceptors (Lipinski definition) is 2. The molecule has 0 aliphatic heterocycles. The number of aliphatic imine (C=N–C) groups is 1. The first-order valence-corrected chi connectivity index (χ1v) is 8.79. The number of hydrogen-bond donors (Lipinski definition) is 3. The first-order valence-electron chi connectivity index (χ1n) is 8.79. The smallest absolute Gasteiger partial charge is 0.356 e. The number of carbonyl (C=O) groups is 1. The summed E-state index contributed by atoms with van der Waals surface area (Å²) >= 11 is 0. The van der Waals surface area contributed by atoms with Crippen molar-refractivity contribution in [2.75, 3.05) is 25.5 Å². The maximum atomic E-state index is 12.6. The fourth-order valence-electron chi connectivity index (χ4n) is 2.46. The van der Waals surface area contributed by atoms with Crippen LogP contribution in [-0.4, -0.2) is 32.0 Å². The molecule has 0 aromatic heterocycles. The van der Waals surface area contributed by atoms with Crippen LogP contribution in [0.1, 0.15) is 16.7 Å². The van der Waals surface area contributed by atoms with Crippen LogP contribution in [0.2, 0.25) is 0 Å². The van der Waals surface area contributed by atoms with E-state index in [1.54, 1.807) is 31.3 Å². The van der Waals surface area contributed by atoms with Crippen molar-refractivity contribution in [3.8, 4) is 12.3 Å². The molecule has 0 bridgehead atoms. The molecule has 0 radical (unpaired) electrons. The average molecular weight is 530 g/mol. The number of nitrogens with one attached hydrogen (secondary N) is 3. The molecule has 0 heterocycles. The molecule has 9 heteroatoms. The Bertz CT molecular complexity index is 906. The molecule has 0 aliphatic carbocycles. The highest BCUT2D eigenvalue weighted by atomic mass is 127. The Morgan fingerprint density at radius 2 is 1.83 bits per heavy atom. The van der Waals surface area contributed by atoms with Gasteiger partial charge in [0, 0.05) is 24.8 Å². The number of halogens is 4. The summed E-state index contributed by atoms with van der Waals surface area (Å²) in [6, 6.07) is 11.9. The van der Waals surface area contributed by atoms with Crippen molar-refractivity contribution >= 4 is 41.5 Å². The van der Waals surface area contributed by atoms with Gasteiger partial charge >= 0.3 is 6.18 Å². The summed E-state index contributed by atoms with van der Waals surface area (Å²) in [6.07, 6.45) is 1.49. The Kier molecular flexibility index (Phi) is 10.2. The van der Waals surface area contributed by atoms with Crippen molar-refractivity contribution in [3.05, 3.63) is 65.2 Å². The van der Waals surface area contributed by atoms with Crippen molar-refractivity contribution in [1.29, 1.82) is 0 Å². The predicted octanol–water partition coefficient (Wildman–Crippen LogP) is 3.65. The molecular weight excluding hydrogens is 508 g/mol. The molecule has 160 valence electrons. The lowest BCUT2D eigenvalue weighted by Crippen LogP contribution is -2.42. The van der Waals surface area contributed by atoms with Gasteiger partial charge in [-0.3, -0.25) is 9.79 Å². The van der Waals surface area contributed by atoms with Gasteiger partial charge in [-0.1, -0.05) is 24.1 Å². The fraction of sp³-hybridized carbons (Fsp3) is 0.238. The van der Waals surface area contributed by atoms with Crippen molar-refractivity contribution in [1.82, 2.24) is 10.6 Å². The summed E-state index contributed by atoms with van der Waals surface area (Å²) in [7, 11) is 1.56. The van der Waals surface area contributed by atoms with Crippen LogP contribution in [0.25, 0.3) is 0 Å². The second-order valence-electron chi connectivity index (χ2n) is 6.07. The van der Waals surface area contributed by atoms with Crippen molar-refractivity contribution in [2.45, 2.75) is 12.6 Å². The third-order valence-electron chi connectivity index (χ3n) is 3.94. The number of terminal acetylenes is 1. The highest BCUT2D eigenvalue weighted by molar-refractivity contribution is 14.0. The second kappa shape index (κ2) is 12.1. The quantitative estimate of drug-likeness (QED) is 0.231. The minimum atomic E-state index is -4.34. The first kappa shape index (κ1) is 25.3. The SMILES string of the molecule is C#Cc1cccc(NC(=O)CNC(=NC)NCCc2ccc(C(F)(F)F)cc2)c1.I. The van der Waals surface area contributed by atoms with Gasteiger partial charge in [0.05, 0.1) is 12.1 Å². The largest absolute Gasteiger partial charge is 0.416 e. The van der Waals surface area contributed by atoms with Gasteiger partial charge in [-0.15, -0.1) is 30.4 Å². The summed E-state index contributed by atoms with van der Waals surface area (Å²) in [6.45, 7) is 0.428. The van der Waals surface area contributed by atoms with E-state index in [9.17, 15) is 18.0 Å². The Morgan fingerprint density at radius 1 is 1.13 bits per heavy atom. The zero-order chi connectivity index (χ0) is 21.3.